The van der Waals surface area contributed by atoms with Crippen molar-refractivity contribution in [3.05, 3.63) is 96.7 Å². The number of para-hydroxylation sites is 1. The quantitative estimate of drug-likeness (QED) is 0.285. The molecule has 11 nitrogen and oxygen atoms in total. The Hall–Kier alpha value is -5.71. The molecule has 3 heterocycles. The Balaban J connectivity index is 1.31. The van der Waals surface area contributed by atoms with Gasteiger partial charge in [-0.15, -0.1) is 0 Å². The minimum atomic E-state index is -0.254. The van der Waals surface area contributed by atoms with Crippen molar-refractivity contribution >= 4 is 34.1 Å². The van der Waals surface area contributed by atoms with Crippen LogP contribution in [-0.4, -0.2) is 44.9 Å². The molecule has 0 unspecified atom stereocenters. The van der Waals surface area contributed by atoms with Crippen LogP contribution in [0.5, 0.6) is 11.6 Å². The Morgan fingerprint density at radius 1 is 0.975 bits per heavy atom. The lowest BCUT2D eigenvalue weighted by atomic mass is 10.2. The van der Waals surface area contributed by atoms with Gasteiger partial charge in [-0.3, -0.25) is 9.36 Å². The number of nitrogens with two attached hydrogens (primary N) is 1. The predicted molar refractivity (Wildman–Crippen MR) is 152 cm³/mol. The van der Waals surface area contributed by atoms with E-state index in [9.17, 15) is 4.79 Å². The highest BCUT2D eigenvalue weighted by molar-refractivity contribution is 6.04. The molecule has 0 bridgehead atoms. The first-order chi connectivity index (χ1) is 19.5. The molecule has 0 aliphatic rings. The van der Waals surface area contributed by atoms with Crippen molar-refractivity contribution in [2.45, 2.75) is 0 Å². The number of nitrogens with zero attached hydrogens (tertiary/aromatic N) is 6. The predicted octanol–water partition coefficient (Wildman–Crippen LogP) is 5.16. The van der Waals surface area contributed by atoms with Crippen molar-refractivity contribution in [2.75, 3.05) is 30.0 Å². The fourth-order valence-electron chi connectivity index (χ4n) is 4.25. The molecule has 6 rings (SSSR count). The zero-order valence-corrected chi connectivity index (χ0v) is 21.6. The number of ether oxygens (including phenoxy) is 1. The molecule has 0 radical (unpaired) electrons. The Morgan fingerprint density at radius 3 is 2.58 bits per heavy atom. The molecule has 0 saturated carbocycles. The van der Waals surface area contributed by atoms with Crippen molar-refractivity contribution in [2.24, 2.45) is 0 Å². The number of nitrogens with one attached hydrogen (secondary N) is 1. The highest BCUT2D eigenvalue weighted by Crippen LogP contribution is 2.32. The monoisotopic (exact) mass is 532 g/mol. The molecule has 198 valence electrons. The number of carbonyl (C=O) groups is 1. The Labute approximate surface area is 228 Å². The van der Waals surface area contributed by atoms with E-state index < -0.39 is 0 Å². The molecular weight excluding hydrogens is 508 g/mol. The second kappa shape index (κ2) is 10.2. The van der Waals surface area contributed by atoms with Crippen LogP contribution >= 0.6 is 0 Å². The van der Waals surface area contributed by atoms with E-state index in [0.29, 0.717) is 45.4 Å². The van der Waals surface area contributed by atoms with E-state index in [0.717, 1.165) is 11.4 Å². The topological polar surface area (TPSA) is 137 Å². The molecule has 6 aromatic rings. The number of carbonyl (C=O) groups excluding carboxylic acids is 1. The molecule has 0 spiro atoms. The fraction of sp³-hybridized carbons (Fsp3) is 0.0690. The van der Waals surface area contributed by atoms with Crippen LogP contribution in [0.15, 0.2) is 95.8 Å². The van der Waals surface area contributed by atoms with Crippen LogP contribution in [0.3, 0.4) is 0 Å². The molecule has 0 aliphatic carbocycles. The molecular formula is C29H24N8O3. The number of anilines is 3. The van der Waals surface area contributed by atoms with Crippen LogP contribution in [0.25, 0.3) is 28.2 Å². The smallest absolute Gasteiger partial charge is 0.255 e. The summed E-state index contributed by atoms with van der Waals surface area (Å²) in [5, 5.41) is 10.6. The molecule has 40 heavy (non-hydrogen) atoms. The number of fused-ring (bicyclic) bond motifs is 1. The molecule has 0 saturated heterocycles. The van der Waals surface area contributed by atoms with Crippen LogP contribution in [0.2, 0.25) is 0 Å². The molecule has 0 fully saturated rings. The number of aromatic nitrogens is 5. The Morgan fingerprint density at radius 2 is 1.80 bits per heavy atom. The van der Waals surface area contributed by atoms with Crippen molar-refractivity contribution in [3.63, 3.8) is 0 Å². The van der Waals surface area contributed by atoms with Gasteiger partial charge in [0.15, 0.2) is 17.3 Å². The summed E-state index contributed by atoms with van der Waals surface area (Å²) in [6.07, 6.45) is 1.60. The molecule has 11 heteroatoms. The van der Waals surface area contributed by atoms with E-state index in [1.54, 1.807) is 36.5 Å². The normalized spacial score (nSPS) is 10.9. The summed E-state index contributed by atoms with van der Waals surface area (Å²) in [4.78, 5) is 24.1. The van der Waals surface area contributed by atoms with Gasteiger partial charge in [-0.1, -0.05) is 30.3 Å². The van der Waals surface area contributed by atoms with Crippen LogP contribution in [0.1, 0.15) is 10.4 Å². The second-order valence-corrected chi connectivity index (χ2v) is 9.14. The Bertz CT molecular complexity index is 1830. The zero-order chi connectivity index (χ0) is 27.6. The van der Waals surface area contributed by atoms with Crippen molar-refractivity contribution in [1.29, 1.82) is 0 Å². The number of amides is 1. The van der Waals surface area contributed by atoms with E-state index in [-0.39, 0.29) is 11.7 Å². The standard InChI is InChI=1S/C29H24N8O3/c1-36(2)21-12-7-9-19(15-21)32-29(38)18-8-6-13-22(14-18)39-25-16-24-23(17-31-25)33-28(26-27(30)35-40-34-26)37(24)20-10-4-3-5-11-20/h3-17H,1-2H3,(H2,30,35)(H,32,38). The molecule has 3 aromatic carbocycles. The summed E-state index contributed by atoms with van der Waals surface area (Å²) < 4.78 is 12.8. The lowest BCUT2D eigenvalue weighted by Gasteiger charge is -2.14. The molecule has 1 amide bonds. The number of nitrogen functional groups attached to an aromatic ring is 1. The maximum Gasteiger partial charge on any atom is 0.255 e. The van der Waals surface area contributed by atoms with Gasteiger partial charge in [-0.05, 0) is 58.8 Å². The summed E-state index contributed by atoms with van der Waals surface area (Å²) in [7, 11) is 3.89. The third-order valence-electron chi connectivity index (χ3n) is 6.19. The van der Waals surface area contributed by atoms with Gasteiger partial charge in [0.2, 0.25) is 5.88 Å². The minimum absolute atomic E-state index is 0.125. The van der Waals surface area contributed by atoms with Crippen LogP contribution < -0.4 is 20.7 Å². The summed E-state index contributed by atoms with van der Waals surface area (Å²) in [6.45, 7) is 0. The number of benzene rings is 3. The highest BCUT2D eigenvalue weighted by atomic mass is 16.6. The first kappa shape index (κ1) is 24.6. The SMILES string of the molecule is CN(C)c1cccc(NC(=O)c2cccc(Oc3cc4c(cn3)nc(-c3nonc3N)n4-c3ccccc3)c2)c1. The lowest BCUT2D eigenvalue weighted by Crippen LogP contribution is -2.13. The maximum absolute atomic E-state index is 13.0. The fourth-order valence-corrected chi connectivity index (χ4v) is 4.25. The summed E-state index contributed by atoms with van der Waals surface area (Å²) in [5.74, 6) is 1.10. The molecule has 3 N–H and O–H groups in total. The zero-order valence-electron chi connectivity index (χ0n) is 21.6. The maximum atomic E-state index is 13.0. The van der Waals surface area contributed by atoms with Gasteiger partial charge in [0.1, 0.15) is 11.3 Å². The lowest BCUT2D eigenvalue weighted by molar-refractivity contribution is 0.102. The van der Waals surface area contributed by atoms with E-state index in [2.05, 4.69) is 25.6 Å². The molecule has 0 aliphatic heterocycles. The van der Waals surface area contributed by atoms with Crippen LogP contribution in [-0.2, 0) is 0 Å². The number of hydrogen-bond donors (Lipinski definition) is 2. The second-order valence-electron chi connectivity index (χ2n) is 9.14. The van der Waals surface area contributed by atoms with E-state index >= 15 is 0 Å². The van der Waals surface area contributed by atoms with Gasteiger partial charge in [-0.2, -0.15) is 0 Å². The van der Waals surface area contributed by atoms with Crippen LogP contribution in [0.4, 0.5) is 17.2 Å². The van der Waals surface area contributed by atoms with Crippen molar-refractivity contribution in [3.8, 4) is 28.8 Å². The van der Waals surface area contributed by atoms with Crippen molar-refractivity contribution < 1.29 is 14.2 Å². The third kappa shape index (κ3) is 4.78. The van der Waals surface area contributed by atoms with Gasteiger partial charge in [0.25, 0.3) is 5.91 Å². The van der Waals surface area contributed by atoms with Crippen molar-refractivity contribution in [1.82, 2.24) is 24.8 Å². The number of pyridine rings is 1. The average molecular weight is 533 g/mol. The number of hydrogen-bond acceptors (Lipinski definition) is 9. The number of rotatable bonds is 7. The number of imidazole rings is 1. The summed E-state index contributed by atoms with van der Waals surface area (Å²) in [5.41, 5.74) is 10.6. The van der Waals surface area contributed by atoms with Gasteiger partial charge in [0.05, 0.1) is 11.7 Å². The average Bonchev–Trinajstić information content (AvgIpc) is 3.56. The largest absolute Gasteiger partial charge is 0.439 e. The molecule has 0 atom stereocenters. The molecule has 3 aromatic heterocycles. The summed E-state index contributed by atoms with van der Waals surface area (Å²) >= 11 is 0. The van der Waals surface area contributed by atoms with Gasteiger partial charge < -0.3 is 20.7 Å². The van der Waals surface area contributed by atoms with E-state index in [4.69, 9.17) is 15.1 Å². The van der Waals surface area contributed by atoms with Gasteiger partial charge in [0, 0.05) is 42.8 Å². The summed E-state index contributed by atoms with van der Waals surface area (Å²) in [6, 6.07) is 25.9. The van der Waals surface area contributed by atoms with Crippen LogP contribution in [0, 0.1) is 0 Å². The van der Waals surface area contributed by atoms with E-state index in [1.807, 2.05) is 78.2 Å². The van der Waals surface area contributed by atoms with E-state index in [1.165, 1.54) is 0 Å². The van der Waals surface area contributed by atoms with Gasteiger partial charge in [-0.25, -0.2) is 14.6 Å². The first-order valence-electron chi connectivity index (χ1n) is 12.4. The third-order valence-corrected chi connectivity index (χ3v) is 6.19. The Kier molecular flexibility index (Phi) is 6.29. The first-order valence-corrected chi connectivity index (χ1v) is 12.4. The highest BCUT2D eigenvalue weighted by Gasteiger charge is 2.21. The minimum Gasteiger partial charge on any atom is -0.439 e. The van der Waals surface area contributed by atoms with Gasteiger partial charge >= 0.3 is 0 Å².